The molecule has 8 heteroatoms. The first-order valence-electron chi connectivity index (χ1n) is 13.1. The van der Waals surface area contributed by atoms with Gasteiger partial charge in [-0.2, -0.15) is 0 Å². The average Bonchev–Trinajstić information content (AvgIpc) is 3.20. The number of hydrogen-bond acceptors (Lipinski definition) is 5. The van der Waals surface area contributed by atoms with E-state index < -0.39 is 35.1 Å². The Morgan fingerprint density at radius 2 is 1.67 bits per heavy atom. The van der Waals surface area contributed by atoms with Crippen molar-refractivity contribution >= 4 is 28.8 Å². The second-order valence-electron chi connectivity index (χ2n) is 9.36. The van der Waals surface area contributed by atoms with Crippen LogP contribution in [0.5, 0.6) is 5.75 Å². The smallest absolute Gasteiger partial charge is 0.300 e. The molecule has 3 aromatic carbocycles. The monoisotopic (exact) mass is 534 g/mol. The summed E-state index contributed by atoms with van der Waals surface area (Å²) in [5.41, 5.74) is 1.84. The number of hydrogen-bond donors (Lipinski definition) is 1. The lowest BCUT2D eigenvalue weighted by molar-refractivity contribution is -0.132. The Morgan fingerprint density at radius 3 is 2.28 bits per heavy atom. The molecule has 0 aliphatic carbocycles. The number of aliphatic hydroxyl groups excluding tert-OH is 1. The van der Waals surface area contributed by atoms with E-state index >= 15 is 0 Å². The van der Waals surface area contributed by atoms with Crippen molar-refractivity contribution in [2.45, 2.75) is 40.2 Å². The van der Waals surface area contributed by atoms with E-state index in [1.165, 1.54) is 0 Å². The molecule has 4 rings (SSSR count). The van der Waals surface area contributed by atoms with Gasteiger partial charge in [0, 0.05) is 30.4 Å². The second kappa shape index (κ2) is 11.7. The molecule has 204 valence electrons. The molecule has 39 heavy (non-hydrogen) atoms. The molecule has 1 fully saturated rings. The fourth-order valence-corrected chi connectivity index (χ4v) is 4.85. The molecule has 0 spiro atoms. The van der Waals surface area contributed by atoms with Crippen LogP contribution < -0.4 is 14.5 Å². The molecule has 1 N–H and O–H groups in total. The zero-order chi connectivity index (χ0) is 28.3. The van der Waals surface area contributed by atoms with Crippen LogP contribution in [0.1, 0.15) is 49.9 Å². The lowest BCUT2D eigenvalue weighted by atomic mass is 9.94. The van der Waals surface area contributed by atoms with Gasteiger partial charge < -0.3 is 14.7 Å². The number of halogens is 2. The standard InChI is InChI=1S/C31H32F2N2O4/c1-5-16-39-26-15-10-21(17-19(26)4)29(36)27-28(20-8-12-23(13-9-20)34(6-2)7-3)35(31(38)30(27)37)25-18-22(32)11-14-24(25)33/h8-15,17-18,28,36H,5-7,16H2,1-4H3/b29-27+. The molecule has 1 aliphatic heterocycles. The highest BCUT2D eigenvalue weighted by atomic mass is 19.1. The van der Waals surface area contributed by atoms with Crippen LogP contribution in [0.3, 0.4) is 0 Å². The van der Waals surface area contributed by atoms with Crippen molar-refractivity contribution in [3.8, 4) is 5.75 Å². The van der Waals surface area contributed by atoms with Crippen molar-refractivity contribution in [1.82, 2.24) is 0 Å². The van der Waals surface area contributed by atoms with Crippen LogP contribution in [-0.4, -0.2) is 36.5 Å². The number of nitrogens with zero attached hydrogens (tertiary/aromatic N) is 2. The van der Waals surface area contributed by atoms with Crippen molar-refractivity contribution in [2.75, 3.05) is 29.5 Å². The summed E-state index contributed by atoms with van der Waals surface area (Å²) in [6.07, 6.45) is 0.828. The largest absolute Gasteiger partial charge is 0.507 e. The van der Waals surface area contributed by atoms with Crippen molar-refractivity contribution in [3.63, 3.8) is 0 Å². The normalized spacial score (nSPS) is 16.6. The fourth-order valence-electron chi connectivity index (χ4n) is 4.85. The Balaban J connectivity index is 1.89. The van der Waals surface area contributed by atoms with E-state index in [0.717, 1.165) is 53.9 Å². The van der Waals surface area contributed by atoms with Crippen LogP contribution in [0.2, 0.25) is 0 Å². The van der Waals surface area contributed by atoms with E-state index in [1.54, 1.807) is 30.3 Å². The van der Waals surface area contributed by atoms with Gasteiger partial charge in [-0.25, -0.2) is 8.78 Å². The minimum Gasteiger partial charge on any atom is -0.507 e. The predicted molar refractivity (Wildman–Crippen MR) is 148 cm³/mol. The van der Waals surface area contributed by atoms with Gasteiger partial charge in [-0.3, -0.25) is 14.5 Å². The fraction of sp³-hybridized carbons (Fsp3) is 0.290. The number of rotatable bonds is 9. The molecule has 1 atom stereocenters. The zero-order valence-corrected chi connectivity index (χ0v) is 22.5. The molecule has 0 aromatic heterocycles. The van der Waals surface area contributed by atoms with Crippen molar-refractivity contribution in [3.05, 3.63) is 94.6 Å². The minimum absolute atomic E-state index is 0.208. The molecule has 1 saturated heterocycles. The molecule has 0 bridgehead atoms. The van der Waals surface area contributed by atoms with E-state index in [0.29, 0.717) is 23.5 Å². The number of carbonyl (C=O) groups is 2. The Bertz CT molecular complexity index is 1410. The number of anilines is 2. The summed E-state index contributed by atoms with van der Waals surface area (Å²) in [7, 11) is 0. The maximum absolute atomic E-state index is 15.0. The number of aryl methyl sites for hydroxylation is 1. The highest BCUT2D eigenvalue weighted by molar-refractivity contribution is 6.51. The summed E-state index contributed by atoms with van der Waals surface area (Å²) in [6.45, 7) is 9.94. The first kappa shape index (κ1) is 27.8. The number of aliphatic hydroxyl groups is 1. The van der Waals surface area contributed by atoms with Gasteiger partial charge in [0.15, 0.2) is 0 Å². The van der Waals surface area contributed by atoms with E-state index in [4.69, 9.17) is 4.74 Å². The first-order valence-corrected chi connectivity index (χ1v) is 13.1. The van der Waals surface area contributed by atoms with Crippen molar-refractivity contribution in [1.29, 1.82) is 0 Å². The average molecular weight is 535 g/mol. The lowest BCUT2D eigenvalue weighted by Gasteiger charge is -2.27. The number of ether oxygens (including phenoxy) is 1. The molecule has 1 aliphatic rings. The number of amides is 1. The quantitative estimate of drug-likeness (QED) is 0.192. The minimum atomic E-state index is -1.18. The van der Waals surface area contributed by atoms with Gasteiger partial charge in [-0.1, -0.05) is 19.1 Å². The highest BCUT2D eigenvalue weighted by Crippen LogP contribution is 2.43. The number of Topliss-reactive ketones (excluding diaryl/α,β-unsaturated/α-hetero) is 1. The summed E-state index contributed by atoms with van der Waals surface area (Å²) in [4.78, 5) is 29.8. The molecule has 6 nitrogen and oxygen atoms in total. The van der Waals surface area contributed by atoms with Gasteiger partial charge in [0.1, 0.15) is 23.1 Å². The number of benzene rings is 3. The maximum Gasteiger partial charge on any atom is 0.300 e. The van der Waals surface area contributed by atoms with E-state index in [9.17, 15) is 23.5 Å². The van der Waals surface area contributed by atoms with Crippen molar-refractivity contribution < 1.29 is 28.2 Å². The number of carbonyl (C=O) groups excluding carboxylic acids is 2. The van der Waals surface area contributed by atoms with Gasteiger partial charge >= 0.3 is 0 Å². The summed E-state index contributed by atoms with van der Waals surface area (Å²) in [5.74, 6) is -3.44. The maximum atomic E-state index is 15.0. The Labute approximate surface area is 227 Å². The van der Waals surface area contributed by atoms with Gasteiger partial charge in [-0.15, -0.1) is 0 Å². The summed E-state index contributed by atoms with van der Waals surface area (Å²) < 4.78 is 34.9. The summed E-state index contributed by atoms with van der Waals surface area (Å²) >= 11 is 0. The molecule has 1 amide bonds. The molecular formula is C31H32F2N2O4. The van der Waals surface area contributed by atoms with Crippen LogP contribution in [0.4, 0.5) is 20.2 Å². The molecule has 0 radical (unpaired) electrons. The van der Waals surface area contributed by atoms with Gasteiger partial charge in [0.25, 0.3) is 11.7 Å². The second-order valence-corrected chi connectivity index (χ2v) is 9.36. The van der Waals surface area contributed by atoms with Crippen molar-refractivity contribution in [2.24, 2.45) is 0 Å². The Kier molecular flexibility index (Phi) is 8.33. The lowest BCUT2D eigenvalue weighted by Crippen LogP contribution is -2.30. The third-order valence-corrected chi connectivity index (χ3v) is 6.86. The van der Waals surface area contributed by atoms with Crippen LogP contribution in [0, 0.1) is 18.6 Å². The molecule has 1 heterocycles. The molecular weight excluding hydrogens is 502 g/mol. The van der Waals surface area contributed by atoms with Crippen LogP contribution in [-0.2, 0) is 9.59 Å². The summed E-state index contributed by atoms with van der Waals surface area (Å²) in [5, 5.41) is 11.4. The topological polar surface area (TPSA) is 70.1 Å². The third-order valence-electron chi connectivity index (χ3n) is 6.86. The highest BCUT2D eigenvalue weighted by Gasteiger charge is 2.48. The summed E-state index contributed by atoms with van der Waals surface area (Å²) in [6, 6.07) is 13.6. The molecule has 1 unspecified atom stereocenters. The zero-order valence-electron chi connectivity index (χ0n) is 22.5. The Morgan fingerprint density at radius 1 is 0.974 bits per heavy atom. The predicted octanol–water partition coefficient (Wildman–Crippen LogP) is 6.53. The SMILES string of the molecule is CCCOc1ccc(/C(O)=C2\C(=O)C(=O)N(c3cc(F)ccc3F)C2c2ccc(N(CC)CC)cc2)cc1C. The molecule has 0 saturated carbocycles. The Hall–Kier alpha value is -4.20. The third kappa shape index (κ3) is 5.37. The van der Waals surface area contributed by atoms with E-state index in [1.807, 2.05) is 39.8 Å². The van der Waals surface area contributed by atoms with Gasteiger partial charge in [-0.05, 0) is 80.8 Å². The van der Waals surface area contributed by atoms with Gasteiger partial charge in [0.05, 0.1) is 23.9 Å². The molecule has 3 aromatic rings. The van der Waals surface area contributed by atoms with Crippen LogP contribution in [0.15, 0.2) is 66.2 Å². The van der Waals surface area contributed by atoms with E-state index in [-0.39, 0.29) is 11.3 Å². The van der Waals surface area contributed by atoms with Gasteiger partial charge in [0.2, 0.25) is 0 Å². The first-order chi connectivity index (χ1) is 18.7. The number of ketones is 1. The van der Waals surface area contributed by atoms with E-state index in [2.05, 4.69) is 4.90 Å². The van der Waals surface area contributed by atoms with Crippen LogP contribution in [0.25, 0.3) is 5.76 Å². The van der Waals surface area contributed by atoms with Crippen LogP contribution >= 0.6 is 0 Å².